The third-order valence-electron chi connectivity index (χ3n) is 7.16. The molecule has 3 aliphatic rings. The third-order valence-corrected chi connectivity index (χ3v) is 7.16. The lowest BCUT2D eigenvalue weighted by Crippen LogP contribution is -2.48. The predicted molar refractivity (Wildman–Crippen MR) is 130 cm³/mol. The van der Waals surface area contributed by atoms with Crippen LogP contribution in [0.1, 0.15) is 34.3 Å². The van der Waals surface area contributed by atoms with E-state index in [9.17, 15) is 4.79 Å². The minimum atomic E-state index is 0.115. The second-order valence-corrected chi connectivity index (χ2v) is 9.36. The molecule has 0 spiro atoms. The van der Waals surface area contributed by atoms with Crippen molar-refractivity contribution in [2.75, 3.05) is 50.8 Å². The summed E-state index contributed by atoms with van der Waals surface area (Å²) in [7, 11) is 0. The van der Waals surface area contributed by atoms with Gasteiger partial charge in [0.15, 0.2) is 0 Å². The molecule has 0 N–H and O–H groups in total. The molecule has 0 saturated carbocycles. The van der Waals surface area contributed by atoms with Gasteiger partial charge in [0.25, 0.3) is 5.91 Å². The first-order chi connectivity index (χ1) is 16.2. The van der Waals surface area contributed by atoms with Crippen molar-refractivity contribution in [3.8, 4) is 5.75 Å². The van der Waals surface area contributed by atoms with Gasteiger partial charge >= 0.3 is 0 Å². The molecule has 6 rings (SSSR count). The van der Waals surface area contributed by atoms with E-state index in [0.29, 0.717) is 0 Å². The third kappa shape index (κ3) is 4.04. The zero-order valence-electron chi connectivity index (χ0n) is 19.0. The molecule has 2 saturated heterocycles. The molecule has 3 aliphatic heterocycles. The molecule has 0 atom stereocenters. The zero-order chi connectivity index (χ0) is 22.2. The Balaban J connectivity index is 1.17. The van der Waals surface area contributed by atoms with Crippen LogP contribution in [0.15, 0.2) is 48.5 Å². The Bertz CT molecular complexity index is 1180. The van der Waals surface area contributed by atoms with Crippen LogP contribution in [0.3, 0.4) is 0 Å². The number of nitrogens with zero attached hydrogens (tertiary/aromatic N) is 4. The van der Waals surface area contributed by atoms with Gasteiger partial charge in [0.2, 0.25) is 0 Å². The molecule has 170 valence electrons. The number of piperazine rings is 1. The zero-order valence-corrected chi connectivity index (χ0v) is 19.0. The minimum Gasteiger partial charge on any atom is -0.493 e. The molecule has 3 aromatic rings. The summed E-state index contributed by atoms with van der Waals surface area (Å²) in [6.45, 7) is 6.95. The average Bonchev–Trinajstić information content (AvgIpc) is 3.55. The first-order valence-electron chi connectivity index (χ1n) is 12.2. The SMILES string of the molecule is O=C(c1cc2ccccc2nc1N1CCCC1)N1CCN(Cc2ccc3c(c2)CCO3)CC1. The van der Waals surface area contributed by atoms with Gasteiger partial charge < -0.3 is 14.5 Å². The predicted octanol–water partition coefficient (Wildman–Crippen LogP) is 3.73. The highest BCUT2D eigenvalue weighted by molar-refractivity contribution is 6.02. The lowest BCUT2D eigenvalue weighted by Gasteiger charge is -2.35. The van der Waals surface area contributed by atoms with Crippen molar-refractivity contribution in [1.82, 2.24) is 14.8 Å². The van der Waals surface area contributed by atoms with Crippen LogP contribution in [0.5, 0.6) is 5.75 Å². The highest BCUT2D eigenvalue weighted by Crippen LogP contribution is 2.29. The molecule has 1 aromatic heterocycles. The van der Waals surface area contributed by atoms with E-state index in [0.717, 1.165) is 99.7 Å². The Hall–Kier alpha value is -3.12. The molecule has 6 nitrogen and oxygen atoms in total. The molecule has 0 radical (unpaired) electrons. The molecule has 2 aromatic carbocycles. The van der Waals surface area contributed by atoms with Crippen molar-refractivity contribution in [1.29, 1.82) is 0 Å². The second-order valence-electron chi connectivity index (χ2n) is 9.36. The summed E-state index contributed by atoms with van der Waals surface area (Å²) in [6, 6.07) is 16.7. The summed E-state index contributed by atoms with van der Waals surface area (Å²) < 4.78 is 5.63. The van der Waals surface area contributed by atoms with Crippen LogP contribution < -0.4 is 9.64 Å². The Morgan fingerprint density at radius 3 is 2.61 bits per heavy atom. The van der Waals surface area contributed by atoms with Crippen LogP contribution in [0.2, 0.25) is 0 Å². The molecule has 1 amide bonds. The number of hydrogen-bond acceptors (Lipinski definition) is 5. The largest absolute Gasteiger partial charge is 0.493 e. The second kappa shape index (κ2) is 8.67. The van der Waals surface area contributed by atoms with Gasteiger partial charge in [-0.25, -0.2) is 4.98 Å². The van der Waals surface area contributed by atoms with Gasteiger partial charge in [0.1, 0.15) is 11.6 Å². The van der Waals surface area contributed by atoms with E-state index in [2.05, 4.69) is 34.1 Å². The number of fused-ring (bicyclic) bond motifs is 2. The standard InChI is InChI=1S/C27H30N4O2/c32-27(23-18-21-5-1-2-6-24(21)28-26(23)30-10-3-4-11-30)31-14-12-29(13-15-31)19-20-7-8-25-22(17-20)9-16-33-25/h1-2,5-8,17-18H,3-4,9-16,19H2. The summed E-state index contributed by atoms with van der Waals surface area (Å²) >= 11 is 0. The van der Waals surface area contributed by atoms with Crippen LogP contribution in [0.25, 0.3) is 10.9 Å². The fourth-order valence-electron chi connectivity index (χ4n) is 5.31. The summed E-state index contributed by atoms with van der Waals surface area (Å²) in [5.41, 5.74) is 4.36. The van der Waals surface area contributed by atoms with Crippen molar-refractivity contribution in [3.05, 3.63) is 65.2 Å². The topological polar surface area (TPSA) is 48.9 Å². The highest BCUT2D eigenvalue weighted by atomic mass is 16.5. The number of pyridine rings is 1. The molecule has 33 heavy (non-hydrogen) atoms. The summed E-state index contributed by atoms with van der Waals surface area (Å²) in [6.07, 6.45) is 3.33. The van der Waals surface area contributed by atoms with Gasteiger partial charge in [-0.1, -0.05) is 30.3 Å². The Labute approximate surface area is 194 Å². The Kier molecular flexibility index (Phi) is 5.38. The van der Waals surface area contributed by atoms with Crippen molar-refractivity contribution >= 4 is 22.6 Å². The van der Waals surface area contributed by atoms with Crippen LogP contribution >= 0.6 is 0 Å². The number of ether oxygens (including phenoxy) is 1. The Morgan fingerprint density at radius 2 is 1.76 bits per heavy atom. The number of para-hydroxylation sites is 1. The minimum absolute atomic E-state index is 0.115. The van der Waals surface area contributed by atoms with E-state index in [1.165, 1.54) is 11.1 Å². The van der Waals surface area contributed by atoms with E-state index >= 15 is 0 Å². The van der Waals surface area contributed by atoms with E-state index < -0.39 is 0 Å². The molecule has 0 aliphatic carbocycles. The summed E-state index contributed by atoms with van der Waals surface area (Å²) in [5.74, 6) is 2.01. The van der Waals surface area contributed by atoms with Crippen molar-refractivity contribution in [3.63, 3.8) is 0 Å². The maximum Gasteiger partial charge on any atom is 0.257 e. The molecule has 0 unspecified atom stereocenters. The first-order valence-corrected chi connectivity index (χ1v) is 12.2. The lowest BCUT2D eigenvalue weighted by atomic mass is 10.1. The van der Waals surface area contributed by atoms with Crippen LogP contribution in [0.4, 0.5) is 5.82 Å². The normalized spacial score (nSPS) is 18.5. The molecule has 6 heteroatoms. The molecular weight excluding hydrogens is 412 g/mol. The Morgan fingerprint density at radius 1 is 0.939 bits per heavy atom. The van der Waals surface area contributed by atoms with Gasteiger partial charge in [-0.15, -0.1) is 0 Å². The summed E-state index contributed by atoms with van der Waals surface area (Å²) in [4.78, 5) is 25.3. The van der Waals surface area contributed by atoms with Crippen molar-refractivity contribution in [2.45, 2.75) is 25.8 Å². The lowest BCUT2D eigenvalue weighted by molar-refractivity contribution is 0.0629. The molecule has 4 heterocycles. The maximum absolute atomic E-state index is 13.6. The van der Waals surface area contributed by atoms with E-state index in [-0.39, 0.29) is 5.91 Å². The van der Waals surface area contributed by atoms with Crippen LogP contribution in [-0.2, 0) is 13.0 Å². The number of benzene rings is 2. The van der Waals surface area contributed by atoms with Gasteiger partial charge in [0.05, 0.1) is 17.7 Å². The van der Waals surface area contributed by atoms with E-state index in [1.54, 1.807) is 0 Å². The number of aromatic nitrogens is 1. The number of amides is 1. The number of carbonyl (C=O) groups excluding carboxylic acids is 1. The van der Waals surface area contributed by atoms with Gasteiger partial charge in [-0.05, 0) is 42.2 Å². The van der Waals surface area contributed by atoms with Crippen molar-refractivity contribution < 1.29 is 9.53 Å². The van der Waals surface area contributed by atoms with Crippen LogP contribution in [-0.4, -0.2) is 66.6 Å². The fourth-order valence-corrected chi connectivity index (χ4v) is 5.31. The van der Waals surface area contributed by atoms with Gasteiger partial charge in [-0.3, -0.25) is 9.69 Å². The molecule has 0 bridgehead atoms. The van der Waals surface area contributed by atoms with Gasteiger partial charge in [0, 0.05) is 57.6 Å². The van der Waals surface area contributed by atoms with Gasteiger partial charge in [-0.2, -0.15) is 0 Å². The van der Waals surface area contributed by atoms with E-state index in [4.69, 9.17) is 9.72 Å². The first kappa shape index (κ1) is 20.5. The maximum atomic E-state index is 13.6. The van der Waals surface area contributed by atoms with E-state index in [1.807, 2.05) is 29.2 Å². The van der Waals surface area contributed by atoms with Crippen molar-refractivity contribution in [2.24, 2.45) is 0 Å². The number of anilines is 1. The smallest absolute Gasteiger partial charge is 0.257 e. The van der Waals surface area contributed by atoms with Crippen LogP contribution in [0, 0.1) is 0 Å². The quantitative estimate of drug-likeness (QED) is 0.616. The molecular formula is C27H30N4O2. The number of carbonyl (C=O) groups is 1. The fraction of sp³-hybridized carbons (Fsp3) is 0.407. The monoisotopic (exact) mass is 442 g/mol. The summed E-state index contributed by atoms with van der Waals surface area (Å²) in [5, 5.41) is 1.03. The number of rotatable bonds is 4. The average molecular weight is 443 g/mol. The number of hydrogen-bond donors (Lipinski definition) is 0. The molecule has 2 fully saturated rings. The highest BCUT2D eigenvalue weighted by Gasteiger charge is 2.28.